The average Bonchev–Trinajstić information content (AvgIpc) is 2.80. The number of amides is 1. The Kier molecular flexibility index (Phi) is 5.80. The molecule has 3 N–H and O–H groups in total. The van der Waals surface area contributed by atoms with Crippen molar-refractivity contribution < 1.29 is 24.5 Å². The lowest BCUT2D eigenvalue weighted by Crippen LogP contribution is -2.26. The number of carboxylic acid groups (broad SMARTS) is 1. The second kappa shape index (κ2) is 7.82. The van der Waals surface area contributed by atoms with E-state index in [1.165, 1.54) is 12.3 Å². The van der Waals surface area contributed by atoms with Gasteiger partial charge in [0.25, 0.3) is 0 Å². The average molecular weight is 351 g/mol. The van der Waals surface area contributed by atoms with Crippen LogP contribution < -0.4 is 10.1 Å². The van der Waals surface area contributed by atoms with Gasteiger partial charge < -0.3 is 20.3 Å². The number of carbonyl (C=O) groups is 2. The summed E-state index contributed by atoms with van der Waals surface area (Å²) in [6.45, 7) is 3.77. The molecule has 8 nitrogen and oxygen atoms in total. The molecule has 128 valence electrons. The molecule has 1 saturated heterocycles. The predicted octanol–water partition coefficient (Wildman–Crippen LogP) is 1.58. The van der Waals surface area contributed by atoms with Crippen LogP contribution in [0, 0.1) is 0 Å². The van der Waals surface area contributed by atoms with Crippen molar-refractivity contribution in [1.29, 1.82) is 0 Å². The molecule has 1 atom stereocenters. The van der Waals surface area contributed by atoms with E-state index in [9.17, 15) is 14.7 Å². The zero-order chi connectivity index (χ0) is 17.7. The normalized spacial score (nSPS) is 19.2. The number of hydrogen-bond acceptors (Lipinski definition) is 7. The number of hydrogen-bond donors (Lipinski definition) is 3. The Bertz CT molecular complexity index is 702. The zero-order valence-corrected chi connectivity index (χ0v) is 13.9. The van der Waals surface area contributed by atoms with E-state index in [0.29, 0.717) is 11.3 Å². The molecule has 1 aromatic carbocycles. The monoisotopic (exact) mass is 351 g/mol. The van der Waals surface area contributed by atoms with E-state index in [-0.39, 0.29) is 23.4 Å². The minimum atomic E-state index is -1.05. The fourth-order valence-electron chi connectivity index (χ4n) is 1.87. The first-order valence-corrected chi connectivity index (χ1v) is 8.03. The van der Waals surface area contributed by atoms with Crippen molar-refractivity contribution in [2.75, 3.05) is 0 Å². The summed E-state index contributed by atoms with van der Waals surface area (Å²) in [5.74, 6) is -0.930. The summed E-state index contributed by atoms with van der Waals surface area (Å²) in [6.07, 6.45) is 1.05. The number of amidine groups is 1. The van der Waals surface area contributed by atoms with Gasteiger partial charge in [-0.25, -0.2) is 0 Å². The number of nitrogens with zero attached hydrogens (tertiary/aromatic N) is 2. The Labute approximate surface area is 142 Å². The number of aromatic hydroxyl groups is 1. The summed E-state index contributed by atoms with van der Waals surface area (Å²) in [5.41, 5.74) is 0.437. The maximum atomic E-state index is 11.6. The Morgan fingerprint density at radius 3 is 2.88 bits per heavy atom. The van der Waals surface area contributed by atoms with Crippen molar-refractivity contribution in [2.45, 2.75) is 31.6 Å². The third-order valence-electron chi connectivity index (χ3n) is 2.86. The molecule has 0 aliphatic carbocycles. The van der Waals surface area contributed by atoms with Crippen LogP contribution in [-0.4, -0.2) is 44.8 Å². The summed E-state index contributed by atoms with van der Waals surface area (Å²) < 4.78 is 5.46. The smallest absolute Gasteiger partial charge is 0.305 e. The van der Waals surface area contributed by atoms with Gasteiger partial charge in [0.1, 0.15) is 16.7 Å². The Morgan fingerprint density at radius 1 is 1.50 bits per heavy atom. The van der Waals surface area contributed by atoms with Gasteiger partial charge in [-0.3, -0.25) is 9.59 Å². The van der Waals surface area contributed by atoms with Gasteiger partial charge in [0.15, 0.2) is 5.17 Å². The van der Waals surface area contributed by atoms with E-state index in [2.05, 4.69) is 15.5 Å². The molecule has 0 saturated carbocycles. The van der Waals surface area contributed by atoms with Crippen LogP contribution in [0.3, 0.4) is 0 Å². The SMILES string of the molecule is CC(C)Oc1ccc(C=NN=C2NC(=O)C(CC(=O)O)S2)c(O)c1. The molecule has 0 radical (unpaired) electrons. The molecule has 24 heavy (non-hydrogen) atoms. The Morgan fingerprint density at radius 2 is 2.25 bits per heavy atom. The second-order valence-electron chi connectivity index (χ2n) is 5.23. The summed E-state index contributed by atoms with van der Waals surface area (Å²) in [4.78, 5) is 22.2. The molecule has 1 amide bonds. The number of carboxylic acids is 1. The topological polar surface area (TPSA) is 121 Å². The molecule has 2 rings (SSSR count). The van der Waals surface area contributed by atoms with Gasteiger partial charge in [0.2, 0.25) is 5.91 Å². The summed E-state index contributed by atoms with van der Waals surface area (Å²) in [7, 11) is 0. The first-order valence-electron chi connectivity index (χ1n) is 7.15. The Hall–Kier alpha value is -2.55. The van der Waals surface area contributed by atoms with Gasteiger partial charge in [0.05, 0.1) is 18.7 Å². The van der Waals surface area contributed by atoms with Crippen LogP contribution in [0.15, 0.2) is 28.4 Å². The molecule has 0 aromatic heterocycles. The van der Waals surface area contributed by atoms with Gasteiger partial charge >= 0.3 is 5.97 Å². The number of phenolic OH excluding ortho intramolecular Hbond substituents is 1. The molecule has 1 aromatic rings. The minimum absolute atomic E-state index is 0.00271. The van der Waals surface area contributed by atoms with Crippen LogP contribution in [0.4, 0.5) is 0 Å². The maximum absolute atomic E-state index is 11.6. The summed E-state index contributed by atoms with van der Waals surface area (Å²) >= 11 is 1.01. The lowest BCUT2D eigenvalue weighted by Gasteiger charge is -2.10. The lowest BCUT2D eigenvalue weighted by molar-refractivity contribution is -0.138. The standard InChI is InChI=1S/C15H17N3O5S/c1-8(2)23-10-4-3-9(11(19)5-10)7-16-18-15-17-14(22)12(24-15)6-13(20)21/h3-5,7-8,12,19H,6H2,1-2H3,(H,20,21)(H,17,18,22). The predicted molar refractivity (Wildman–Crippen MR) is 90.7 cm³/mol. The first kappa shape index (κ1) is 17.8. The first-order chi connectivity index (χ1) is 11.3. The van der Waals surface area contributed by atoms with Crippen LogP contribution in [0.5, 0.6) is 11.5 Å². The minimum Gasteiger partial charge on any atom is -0.507 e. The van der Waals surface area contributed by atoms with Crippen molar-refractivity contribution >= 4 is 35.0 Å². The van der Waals surface area contributed by atoms with Crippen molar-refractivity contribution in [3.63, 3.8) is 0 Å². The molecule has 0 spiro atoms. The van der Waals surface area contributed by atoms with Crippen molar-refractivity contribution in [1.82, 2.24) is 5.32 Å². The van der Waals surface area contributed by atoms with E-state index in [4.69, 9.17) is 9.84 Å². The van der Waals surface area contributed by atoms with Crippen molar-refractivity contribution in [3.8, 4) is 11.5 Å². The second-order valence-corrected chi connectivity index (χ2v) is 6.42. The van der Waals surface area contributed by atoms with E-state index in [0.717, 1.165) is 11.8 Å². The molecule has 1 fully saturated rings. The highest BCUT2D eigenvalue weighted by molar-refractivity contribution is 8.15. The lowest BCUT2D eigenvalue weighted by atomic mass is 10.2. The third-order valence-corrected chi connectivity index (χ3v) is 3.93. The molecule has 1 heterocycles. The van der Waals surface area contributed by atoms with Gasteiger partial charge in [-0.2, -0.15) is 5.10 Å². The van der Waals surface area contributed by atoms with E-state index in [1.807, 2.05) is 13.8 Å². The molecule has 0 bridgehead atoms. The van der Waals surface area contributed by atoms with Gasteiger partial charge in [-0.05, 0) is 26.0 Å². The van der Waals surface area contributed by atoms with Gasteiger partial charge in [-0.1, -0.05) is 11.8 Å². The summed E-state index contributed by atoms with van der Waals surface area (Å²) in [5, 5.41) is 28.2. The van der Waals surface area contributed by atoms with Crippen LogP contribution in [0.2, 0.25) is 0 Å². The fourth-order valence-corrected chi connectivity index (χ4v) is 2.78. The van der Waals surface area contributed by atoms with Crippen LogP contribution in [-0.2, 0) is 9.59 Å². The van der Waals surface area contributed by atoms with Gasteiger partial charge in [0, 0.05) is 11.6 Å². The van der Waals surface area contributed by atoms with Crippen LogP contribution in [0.25, 0.3) is 0 Å². The quantitative estimate of drug-likeness (QED) is 0.528. The highest BCUT2D eigenvalue weighted by Gasteiger charge is 2.32. The highest BCUT2D eigenvalue weighted by atomic mass is 32.2. The van der Waals surface area contributed by atoms with Crippen LogP contribution >= 0.6 is 11.8 Å². The number of benzene rings is 1. The maximum Gasteiger partial charge on any atom is 0.305 e. The van der Waals surface area contributed by atoms with E-state index >= 15 is 0 Å². The molecular weight excluding hydrogens is 334 g/mol. The largest absolute Gasteiger partial charge is 0.507 e. The number of thioether (sulfide) groups is 1. The van der Waals surface area contributed by atoms with Crippen molar-refractivity contribution in [3.05, 3.63) is 23.8 Å². The van der Waals surface area contributed by atoms with Crippen LogP contribution in [0.1, 0.15) is 25.8 Å². The zero-order valence-electron chi connectivity index (χ0n) is 13.1. The number of nitrogens with one attached hydrogen (secondary N) is 1. The Balaban J connectivity index is 2.01. The summed E-state index contributed by atoms with van der Waals surface area (Å²) in [6, 6.07) is 4.80. The van der Waals surface area contributed by atoms with Gasteiger partial charge in [-0.15, -0.1) is 5.10 Å². The molecule has 1 aliphatic heterocycles. The number of ether oxygens (including phenoxy) is 1. The van der Waals surface area contributed by atoms with Crippen molar-refractivity contribution in [2.24, 2.45) is 10.2 Å². The molecular formula is C15H17N3O5S. The molecule has 1 aliphatic rings. The number of aliphatic carboxylic acids is 1. The fraction of sp³-hybridized carbons (Fsp3) is 0.333. The number of rotatable bonds is 6. The highest BCUT2D eigenvalue weighted by Crippen LogP contribution is 2.24. The van der Waals surface area contributed by atoms with E-state index < -0.39 is 17.1 Å². The molecule has 9 heteroatoms. The molecule has 1 unspecified atom stereocenters. The third kappa shape index (κ3) is 4.98. The number of carbonyl (C=O) groups excluding carboxylic acids is 1. The number of phenols is 1. The van der Waals surface area contributed by atoms with E-state index in [1.54, 1.807) is 12.1 Å².